The molecule has 0 saturated heterocycles. The predicted molar refractivity (Wildman–Crippen MR) is 58.4 cm³/mol. The van der Waals surface area contributed by atoms with Crippen molar-refractivity contribution in [1.29, 1.82) is 0 Å². The van der Waals surface area contributed by atoms with E-state index in [0.717, 1.165) is 21.9 Å². The third kappa shape index (κ3) is 1.60. The lowest BCUT2D eigenvalue weighted by Crippen LogP contribution is -1.72. The van der Waals surface area contributed by atoms with Gasteiger partial charge in [-0.3, -0.25) is 0 Å². The number of thioether (sulfide) groups is 1. The lowest BCUT2D eigenvalue weighted by molar-refractivity contribution is 0.552. The first-order valence-electron chi connectivity index (χ1n) is 3.83. The molecule has 0 amide bonds. The van der Waals surface area contributed by atoms with E-state index >= 15 is 0 Å². The van der Waals surface area contributed by atoms with Crippen LogP contribution in [0.25, 0.3) is 11.1 Å². The maximum absolute atomic E-state index is 5.56. The molecule has 1 aromatic heterocycles. The van der Waals surface area contributed by atoms with Crippen molar-refractivity contribution in [2.24, 2.45) is 0 Å². The summed E-state index contributed by atoms with van der Waals surface area (Å²) < 4.78 is 5.56. The highest BCUT2D eigenvalue weighted by Crippen LogP contribution is 2.27. The van der Waals surface area contributed by atoms with Crippen LogP contribution in [0.15, 0.2) is 27.5 Å². The van der Waals surface area contributed by atoms with Gasteiger partial charge in [-0.1, -0.05) is 22.0 Å². The molecule has 1 heterocycles. The number of para-hydroxylation sites is 1. The zero-order chi connectivity index (χ0) is 9.26. The Balaban J connectivity index is 2.67. The minimum absolute atomic E-state index is 0.662. The number of halogens is 1. The standard InChI is InChI=1S/C9H8BrNOS/c1-13-7-4-2-3-6-9(7)12-8(5-10)11-6/h2-4H,5H2,1H3. The highest BCUT2D eigenvalue weighted by atomic mass is 79.9. The molecule has 0 radical (unpaired) electrons. The van der Waals surface area contributed by atoms with Crippen LogP contribution in [0.4, 0.5) is 0 Å². The molecule has 0 N–H and O–H groups in total. The van der Waals surface area contributed by atoms with Gasteiger partial charge in [0.25, 0.3) is 0 Å². The van der Waals surface area contributed by atoms with Crippen molar-refractivity contribution in [2.75, 3.05) is 6.26 Å². The maximum Gasteiger partial charge on any atom is 0.206 e. The van der Waals surface area contributed by atoms with Crippen molar-refractivity contribution in [3.8, 4) is 0 Å². The van der Waals surface area contributed by atoms with Gasteiger partial charge in [0.1, 0.15) is 5.52 Å². The first kappa shape index (κ1) is 9.09. The molecule has 2 aromatic rings. The molecule has 68 valence electrons. The summed E-state index contributed by atoms with van der Waals surface area (Å²) >= 11 is 4.99. The number of rotatable bonds is 2. The zero-order valence-corrected chi connectivity index (χ0v) is 9.48. The maximum atomic E-state index is 5.56. The summed E-state index contributed by atoms with van der Waals surface area (Å²) in [5, 5.41) is 0.662. The minimum atomic E-state index is 0.662. The van der Waals surface area contributed by atoms with Crippen LogP contribution in [-0.2, 0) is 5.33 Å². The van der Waals surface area contributed by atoms with E-state index in [1.54, 1.807) is 11.8 Å². The number of benzene rings is 1. The Hall–Kier alpha value is -0.480. The van der Waals surface area contributed by atoms with Crippen LogP contribution in [0.1, 0.15) is 5.89 Å². The highest BCUT2D eigenvalue weighted by molar-refractivity contribution is 9.08. The van der Waals surface area contributed by atoms with Gasteiger partial charge in [-0.05, 0) is 18.4 Å². The molecule has 2 rings (SSSR count). The van der Waals surface area contributed by atoms with Crippen LogP contribution < -0.4 is 0 Å². The van der Waals surface area contributed by atoms with Gasteiger partial charge < -0.3 is 4.42 Å². The van der Waals surface area contributed by atoms with Gasteiger partial charge in [-0.15, -0.1) is 11.8 Å². The van der Waals surface area contributed by atoms with Gasteiger partial charge in [-0.25, -0.2) is 4.98 Å². The molecule has 0 aliphatic heterocycles. The average Bonchev–Trinajstić information content (AvgIpc) is 2.59. The van der Waals surface area contributed by atoms with E-state index in [1.807, 2.05) is 24.5 Å². The van der Waals surface area contributed by atoms with Crippen LogP contribution in [0.2, 0.25) is 0 Å². The molecular formula is C9H8BrNOS. The SMILES string of the molecule is CSc1cccc2nc(CBr)oc12. The number of alkyl halides is 1. The highest BCUT2D eigenvalue weighted by Gasteiger charge is 2.07. The monoisotopic (exact) mass is 257 g/mol. The van der Waals surface area contributed by atoms with Crippen LogP contribution in [0, 0.1) is 0 Å². The van der Waals surface area contributed by atoms with Crippen molar-refractivity contribution in [3.05, 3.63) is 24.1 Å². The summed E-state index contributed by atoms with van der Waals surface area (Å²) in [6, 6.07) is 6.00. The summed E-state index contributed by atoms with van der Waals surface area (Å²) in [6.07, 6.45) is 2.03. The van der Waals surface area contributed by atoms with Crippen molar-refractivity contribution in [3.63, 3.8) is 0 Å². The Morgan fingerprint density at radius 3 is 3.08 bits per heavy atom. The molecule has 2 nitrogen and oxygen atoms in total. The fourth-order valence-corrected chi connectivity index (χ4v) is 1.97. The average molecular weight is 258 g/mol. The van der Waals surface area contributed by atoms with Crippen molar-refractivity contribution < 1.29 is 4.42 Å². The molecule has 0 spiro atoms. The van der Waals surface area contributed by atoms with E-state index in [-0.39, 0.29) is 0 Å². The molecule has 0 bridgehead atoms. The van der Waals surface area contributed by atoms with Crippen LogP contribution in [0.5, 0.6) is 0 Å². The topological polar surface area (TPSA) is 26.0 Å². The lowest BCUT2D eigenvalue weighted by Gasteiger charge is -1.93. The van der Waals surface area contributed by atoms with Crippen LogP contribution >= 0.6 is 27.7 Å². The van der Waals surface area contributed by atoms with Crippen LogP contribution in [0.3, 0.4) is 0 Å². The Morgan fingerprint density at radius 1 is 1.54 bits per heavy atom. The quantitative estimate of drug-likeness (QED) is 0.609. The second-order valence-electron chi connectivity index (χ2n) is 2.55. The smallest absolute Gasteiger partial charge is 0.206 e. The molecule has 13 heavy (non-hydrogen) atoms. The Morgan fingerprint density at radius 2 is 2.38 bits per heavy atom. The Labute approximate surface area is 88.8 Å². The zero-order valence-electron chi connectivity index (χ0n) is 7.08. The van der Waals surface area contributed by atoms with Crippen molar-refractivity contribution in [1.82, 2.24) is 4.98 Å². The van der Waals surface area contributed by atoms with E-state index in [4.69, 9.17) is 4.42 Å². The van der Waals surface area contributed by atoms with E-state index in [1.165, 1.54) is 0 Å². The minimum Gasteiger partial charge on any atom is -0.439 e. The largest absolute Gasteiger partial charge is 0.439 e. The summed E-state index contributed by atoms with van der Waals surface area (Å²) in [5.74, 6) is 0.733. The molecule has 0 saturated carbocycles. The number of fused-ring (bicyclic) bond motifs is 1. The van der Waals surface area contributed by atoms with Gasteiger partial charge in [-0.2, -0.15) is 0 Å². The molecular weight excluding hydrogens is 250 g/mol. The molecule has 4 heteroatoms. The van der Waals surface area contributed by atoms with Crippen LogP contribution in [-0.4, -0.2) is 11.2 Å². The van der Waals surface area contributed by atoms with Gasteiger partial charge >= 0.3 is 0 Å². The second kappa shape index (κ2) is 3.72. The summed E-state index contributed by atoms with van der Waals surface area (Å²) in [6.45, 7) is 0. The molecule has 0 atom stereocenters. The van der Waals surface area contributed by atoms with Gasteiger partial charge in [0.2, 0.25) is 5.89 Å². The number of hydrogen-bond acceptors (Lipinski definition) is 3. The molecule has 0 aliphatic carbocycles. The van der Waals surface area contributed by atoms with E-state index in [2.05, 4.69) is 20.9 Å². The van der Waals surface area contributed by atoms with Gasteiger partial charge in [0.15, 0.2) is 5.58 Å². The Kier molecular flexibility index (Phi) is 2.60. The van der Waals surface area contributed by atoms with Crippen molar-refractivity contribution in [2.45, 2.75) is 10.2 Å². The summed E-state index contributed by atoms with van der Waals surface area (Å²) in [4.78, 5) is 5.45. The first-order chi connectivity index (χ1) is 6.35. The number of hydrogen-bond donors (Lipinski definition) is 0. The fourth-order valence-electron chi connectivity index (χ4n) is 1.19. The lowest BCUT2D eigenvalue weighted by atomic mass is 10.3. The summed E-state index contributed by atoms with van der Waals surface area (Å²) in [5.41, 5.74) is 1.82. The number of nitrogens with zero attached hydrogens (tertiary/aromatic N) is 1. The van der Waals surface area contributed by atoms with E-state index in [0.29, 0.717) is 5.33 Å². The molecule has 0 aliphatic rings. The van der Waals surface area contributed by atoms with Gasteiger partial charge in [0, 0.05) is 0 Å². The van der Waals surface area contributed by atoms with Crippen molar-refractivity contribution >= 4 is 38.8 Å². The van der Waals surface area contributed by atoms with Gasteiger partial charge in [0.05, 0.1) is 10.2 Å². The Bertz CT molecular complexity index is 426. The number of oxazole rings is 1. The molecule has 0 unspecified atom stereocenters. The third-order valence-corrected chi connectivity index (χ3v) is 3.00. The second-order valence-corrected chi connectivity index (χ2v) is 3.96. The predicted octanol–water partition coefficient (Wildman–Crippen LogP) is 3.44. The molecule has 0 fully saturated rings. The molecule has 1 aromatic carbocycles. The van der Waals surface area contributed by atoms with E-state index < -0.39 is 0 Å². The number of aromatic nitrogens is 1. The third-order valence-electron chi connectivity index (χ3n) is 1.76. The fraction of sp³-hybridized carbons (Fsp3) is 0.222. The summed E-state index contributed by atoms with van der Waals surface area (Å²) in [7, 11) is 0. The van der Waals surface area contributed by atoms with E-state index in [9.17, 15) is 0 Å². The normalized spacial score (nSPS) is 10.9. The first-order valence-corrected chi connectivity index (χ1v) is 6.18.